The first-order chi connectivity index (χ1) is 19.8. The Balaban J connectivity index is 1.16. The molecule has 0 aromatic heterocycles. The third kappa shape index (κ3) is 4.37. The van der Waals surface area contributed by atoms with E-state index < -0.39 is 0 Å². The van der Waals surface area contributed by atoms with Crippen molar-refractivity contribution >= 4 is 12.0 Å². The summed E-state index contributed by atoms with van der Waals surface area (Å²) in [6.07, 6.45) is 20.3. The Labute approximate surface area is 255 Å². The van der Waals surface area contributed by atoms with Gasteiger partial charge < -0.3 is 9.84 Å². The average Bonchev–Trinajstić information content (AvgIpc) is 3.51. The minimum Gasteiger partial charge on any atom is -0.508 e. The van der Waals surface area contributed by atoms with Crippen LogP contribution < -0.4 is 0 Å². The number of benzene rings is 1. The van der Waals surface area contributed by atoms with Crippen molar-refractivity contribution in [3.63, 3.8) is 0 Å². The first-order valence-electron chi connectivity index (χ1n) is 17.1. The lowest BCUT2D eigenvalue weighted by atomic mass is 9.41. The van der Waals surface area contributed by atoms with Crippen molar-refractivity contribution in [2.45, 2.75) is 125 Å². The van der Waals surface area contributed by atoms with E-state index in [0.717, 1.165) is 29.7 Å². The summed E-state index contributed by atoms with van der Waals surface area (Å²) in [4.78, 5) is 12.9. The number of esters is 1. The predicted molar refractivity (Wildman–Crippen MR) is 172 cm³/mol. The number of fused-ring (bicyclic) bond motifs is 2. The van der Waals surface area contributed by atoms with Gasteiger partial charge in [-0.3, -0.25) is 0 Å². The zero-order chi connectivity index (χ0) is 30.1. The summed E-state index contributed by atoms with van der Waals surface area (Å²) >= 11 is 0. The molecule has 230 valence electrons. The van der Waals surface area contributed by atoms with E-state index in [1.54, 1.807) is 24.3 Å². The second-order valence-corrected chi connectivity index (χ2v) is 16.7. The molecule has 5 saturated carbocycles. The van der Waals surface area contributed by atoms with Gasteiger partial charge in [-0.1, -0.05) is 58.4 Å². The molecule has 0 amide bonds. The first kappa shape index (κ1) is 30.0. The van der Waals surface area contributed by atoms with Gasteiger partial charge in [-0.25, -0.2) is 4.79 Å². The van der Waals surface area contributed by atoms with Gasteiger partial charge in [0.1, 0.15) is 11.9 Å². The second-order valence-electron chi connectivity index (χ2n) is 16.7. The van der Waals surface area contributed by atoms with Crippen molar-refractivity contribution in [3.8, 4) is 5.75 Å². The van der Waals surface area contributed by atoms with Gasteiger partial charge in [0.15, 0.2) is 0 Å². The monoisotopic (exact) mass is 572 g/mol. The Bertz CT molecular complexity index is 1250. The van der Waals surface area contributed by atoms with Crippen LogP contribution >= 0.6 is 0 Å². The molecular formula is C39H56O3. The molecule has 1 N–H and O–H groups in total. The van der Waals surface area contributed by atoms with E-state index in [1.807, 2.05) is 12.1 Å². The molecule has 0 unspecified atom stereocenters. The van der Waals surface area contributed by atoms with Gasteiger partial charge in [-0.2, -0.15) is 0 Å². The van der Waals surface area contributed by atoms with Crippen LogP contribution in [-0.4, -0.2) is 17.2 Å². The summed E-state index contributed by atoms with van der Waals surface area (Å²) in [5, 5.41) is 9.53. The summed E-state index contributed by atoms with van der Waals surface area (Å²) in [6.45, 7) is 17.3. The summed E-state index contributed by atoms with van der Waals surface area (Å²) in [5.74, 6) is 3.15. The topological polar surface area (TPSA) is 46.5 Å². The largest absolute Gasteiger partial charge is 0.508 e. The van der Waals surface area contributed by atoms with E-state index in [0.29, 0.717) is 27.6 Å². The highest BCUT2D eigenvalue weighted by Crippen LogP contribution is 2.89. The van der Waals surface area contributed by atoms with Crippen molar-refractivity contribution in [2.24, 2.45) is 50.7 Å². The maximum Gasteiger partial charge on any atom is 0.331 e. The van der Waals surface area contributed by atoms with E-state index in [2.05, 4.69) is 54.5 Å². The third-order valence-corrected chi connectivity index (χ3v) is 14.5. The van der Waals surface area contributed by atoms with Crippen LogP contribution in [0.25, 0.3) is 6.08 Å². The fraction of sp³-hybridized carbons (Fsp3) is 0.718. The summed E-state index contributed by atoms with van der Waals surface area (Å²) in [6, 6.07) is 6.91. The molecule has 3 heteroatoms. The number of aromatic hydroxyl groups is 1. The summed E-state index contributed by atoms with van der Waals surface area (Å²) in [7, 11) is 0. The molecule has 5 aliphatic rings. The van der Waals surface area contributed by atoms with Gasteiger partial charge in [0.2, 0.25) is 0 Å². The molecule has 5 aliphatic carbocycles. The van der Waals surface area contributed by atoms with Crippen LogP contribution in [0.15, 0.2) is 42.0 Å². The molecule has 0 radical (unpaired) electrons. The number of carbonyl (C=O) groups excluding carboxylic acids is 1. The minimum atomic E-state index is -0.243. The van der Waals surface area contributed by atoms with Crippen LogP contribution in [0.4, 0.5) is 0 Å². The quantitative estimate of drug-likeness (QED) is 0.201. The standard InChI is InChI=1S/C39H56O3/c1-26(2)9-8-10-27(3)30-19-21-37(7)32-17-16-31-35(4,5)33(42-34(41)18-13-28-11-14-29(40)15-12-28)20-22-38(31)25-39(32,38)24-23-36(30,37)6/h9,11-15,18,27,30-33,40H,8,10,16-17,19-25H2,1-7H3/b18-13+/t27-,30-,31-,32-,33-,36-,37+,38-,39+/m1/s1. The Morgan fingerprint density at radius 1 is 0.929 bits per heavy atom. The highest BCUT2D eigenvalue weighted by atomic mass is 16.5. The van der Waals surface area contributed by atoms with E-state index in [1.165, 1.54) is 69.8 Å². The predicted octanol–water partition coefficient (Wildman–Crippen LogP) is 10.1. The zero-order valence-electron chi connectivity index (χ0n) is 27.5. The Morgan fingerprint density at radius 2 is 1.62 bits per heavy atom. The molecule has 1 aromatic carbocycles. The molecule has 0 aliphatic heterocycles. The molecule has 6 rings (SSSR count). The second kappa shape index (κ2) is 10.3. The number of hydrogen-bond donors (Lipinski definition) is 1. The highest BCUT2D eigenvalue weighted by molar-refractivity contribution is 5.87. The van der Waals surface area contributed by atoms with Crippen LogP contribution in [0.3, 0.4) is 0 Å². The minimum absolute atomic E-state index is 0.00589. The first-order valence-corrected chi connectivity index (χ1v) is 17.1. The maximum atomic E-state index is 12.9. The number of allylic oxidation sites excluding steroid dienone is 2. The van der Waals surface area contributed by atoms with E-state index >= 15 is 0 Å². The van der Waals surface area contributed by atoms with E-state index in [-0.39, 0.29) is 23.2 Å². The van der Waals surface area contributed by atoms with E-state index in [4.69, 9.17) is 4.74 Å². The van der Waals surface area contributed by atoms with Gasteiger partial charge >= 0.3 is 5.97 Å². The zero-order valence-corrected chi connectivity index (χ0v) is 27.5. The molecule has 5 fully saturated rings. The van der Waals surface area contributed by atoms with Gasteiger partial charge in [0.25, 0.3) is 0 Å². The van der Waals surface area contributed by atoms with Gasteiger partial charge in [-0.05, 0) is 154 Å². The Morgan fingerprint density at radius 3 is 2.33 bits per heavy atom. The summed E-state index contributed by atoms with van der Waals surface area (Å²) in [5.41, 5.74) is 4.25. The number of rotatable bonds is 7. The Hall–Kier alpha value is -2.03. The highest BCUT2D eigenvalue weighted by Gasteiger charge is 2.82. The molecule has 2 spiro atoms. The molecular weight excluding hydrogens is 516 g/mol. The number of carbonyl (C=O) groups is 1. The molecule has 0 saturated heterocycles. The molecule has 0 heterocycles. The average molecular weight is 573 g/mol. The van der Waals surface area contributed by atoms with Crippen molar-refractivity contribution in [3.05, 3.63) is 47.6 Å². The van der Waals surface area contributed by atoms with Crippen LogP contribution in [0.1, 0.15) is 125 Å². The number of phenolic OH excluding ortho intramolecular Hbond substituents is 1. The lowest BCUT2D eigenvalue weighted by Crippen LogP contribution is -2.58. The fourth-order valence-electron chi connectivity index (χ4n) is 12.3. The normalized spacial score (nSPS) is 42.1. The van der Waals surface area contributed by atoms with Gasteiger partial charge in [-0.15, -0.1) is 0 Å². The SMILES string of the molecule is CC(C)=CCC[C@@H](C)[C@H]1CC[C@@]2(C)[C@H]3CC[C@@H]4C(C)(C)[C@H](OC(=O)/C=C/c5ccc(O)cc5)CC[C@@]45C[C@@]35CC[C@]12C. The molecule has 3 nitrogen and oxygen atoms in total. The van der Waals surface area contributed by atoms with Crippen molar-refractivity contribution < 1.29 is 14.6 Å². The lowest BCUT2D eigenvalue weighted by Gasteiger charge is -2.63. The van der Waals surface area contributed by atoms with Gasteiger partial charge in [0.05, 0.1) is 0 Å². The van der Waals surface area contributed by atoms with Gasteiger partial charge in [0, 0.05) is 11.5 Å². The molecule has 9 atom stereocenters. The van der Waals surface area contributed by atoms with Crippen LogP contribution in [0.2, 0.25) is 0 Å². The Kier molecular flexibility index (Phi) is 7.34. The molecule has 42 heavy (non-hydrogen) atoms. The smallest absolute Gasteiger partial charge is 0.331 e. The molecule has 1 aromatic rings. The third-order valence-electron chi connectivity index (χ3n) is 14.5. The fourth-order valence-corrected chi connectivity index (χ4v) is 12.3. The number of phenols is 1. The van der Waals surface area contributed by atoms with Crippen molar-refractivity contribution in [1.82, 2.24) is 0 Å². The van der Waals surface area contributed by atoms with Crippen molar-refractivity contribution in [2.75, 3.05) is 0 Å². The lowest BCUT2D eigenvalue weighted by molar-refractivity contribution is -0.179. The van der Waals surface area contributed by atoms with E-state index in [9.17, 15) is 9.90 Å². The van der Waals surface area contributed by atoms with Crippen LogP contribution in [0, 0.1) is 50.7 Å². The maximum absolute atomic E-state index is 12.9. The summed E-state index contributed by atoms with van der Waals surface area (Å²) < 4.78 is 6.21. The van der Waals surface area contributed by atoms with Crippen LogP contribution in [-0.2, 0) is 9.53 Å². The van der Waals surface area contributed by atoms with Crippen LogP contribution in [0.5, 0.6) is 5.75 Å². The molecule has 0 bridgehead atoms. The number of hydrogen-bond acceptors (Lipinski definition) is 3. The van der Waals surface area contributed by atoms with Crippen molar-refractivity contribution in [1.29, 1.82) is 0 Å². The number of ether oxygens (including phenoxy) is 1.